The third-order valence-electron chi connectivity index (χ3n) is 6.46. The van der Waals surface area contributed by atoms with Gasteiger partial charge in [0.25, 0.3) is 5.91 Å². The largest absolute Gasteiger partial charge is 0.481 e. The van der Waals surface area contributed by atoms with Gasteiger partial charge in [0.2, 0.25) is 0 Å². The predicted molar refractivity (Wildman–Crippen MR) is 113 cm³/mol. The van der Waals surface area contributed by atoms with Crippen molar-refractivity contribution >= 4 is 23.1 Å². The summed E-state index contributed by atoms with van der Waals surface area (Å²) in [6.45, 7) is 1.25. The number of amides is 1. The number of anilines is 1. The summed E-state index contributed by atoms with van der Waals surface area (Å²) in [4.78, 5) is 27.9. The van der Waals surface area contributed by atoms with Gasteiger partial charge in [-0.25, -0.2) is 13.3 Å². The van der Waals surface area contributed by atoms with Gasteiger partial charge < -0.3 is 14.9 Å². The smallest absolute Gasteiger partial charge is 0.308 e. The number of carbonyl (C=O) groups is 2. The van der Waals surface area contributed by atoms with Crippen molar-refractivity contribution in [2.75, 3.05) is 24.5 Å². The lowest BCUT2D eigenvalue weighted by Gasteiger charge is -2.27. The highest BCUT2D eigenvalue weighted by Crippen LogP contribution is 2.38. The third kappa shape index (κ3) is 3.47. The van der Waals surface area contributed by atoms with Crippen molar-refractivity contribution in [3.05, 3.63) is 65.5 Å². The third-order valence-corrected chi connectivity index (χ3v) is 6.46. The van der Waals surface area contributed by atoms with E-state index >= 15 is 0 Å². The Bertz CT molecular complexity index is 1210. The van der Waals surface area contributed by atoms with Crippen molar-refractivity contribution in [1.29, 1.82) is 0 Å². The van der Waals surface area contributed by atoms with Gasteiger partial charge in [-0.2, -0.15) is 5.10 Å². The van der Waals surface area contributed by atoms with Crippen LogP contribution < -0.4 is 4.90 Å². The molecule has 0 spiro atoms. The monoisotopic (exact) mass is 440 g/mol. The molecule has 4 heterocycles. The van der Waals surface area contributed by atoms with Gasteiger partial charge in [0.1, 0.15) is 11.6 Å². The fourth-order valence-electron chi connectivity index (χ4n) is 4.80. The van der Waals surface area contributed by atoms with Gasteiger partial charge in [0.05, 0.1) is 29.2 Å². The van der Waals surface area contributed by atoms with E-state index < -0.39 is 23.5 Å². The Kier molecular flexibility index (Phi) is 5.03. The first-order valence-corrected chi connectivity index (χ1v) is 10.6. The number of fused-ring (bicyclic) bond motifs is 1. The molecule has 2 aliphatic rings. The van der Waals surface area contributed by atoms with E-state index in [1.165, 1.54) is 12.3 Å². The number of aliphatic carboxylic acids is 1. The van der Waals surface area contributed by atoms with Crippen LogP contribution in [-0.2, 0) is 4.79 Å². The lowest BCUT2D eigenvalue weighted by Crippen LogP contribution is -2.29. The number of aromatic nitrogens is 2. The maximum atomic E-state index is 14.4. The van der Waals surface area contributed by atoms with Crippen LogP contribution in [0.3, 0.4) is 0 Å². The van der Waals surface area contributed by atoms with Crippen molar-refractivity contribution in [1.82, 2.24) is 14.5 Å². The molecule has 32 heavy (non-hydrogen) atoms. The van der Waals surface area contributed by atoms with E-state index in [0.717, 1.165) is 24.2 Å². The molecule has 2 aliphatic heterocycles. The molecule has 2 saturated heterocycles. The fraction of sp³-hybridized carbons (Fsp3) is 0.348. The Morgan fingerprint density at radius 2 is 1.94 bits per heavy atom. The summed E-state index contributed by atoms with van der Waals surface area (Å²) in [5.41, 5.74) is 2.11. The molecule has 0 bridgehead atoms. The summed E-state index contributed by atoms with van der Waals surface area (Å²) in [6, 6.07) is 6.89. The lowest BCUT2D eigenvalue weighted by molar-refractivity contribution is -0.141. The highest BCUT2D eigenvalue weighted by atomic mass is 19.1. The number of likely N-dealkylation sites (tertiary alicyclic amines) is 1. The molecule has 2 atom stereocenters. The predicted octanol–water partition coefficient (Wildman–Crippen LogP) is 3.50. The van der Waals surface area contributed by atoms with Crippen LogP contribution >= 0.6 is 0 Å². The molecule has 3 aromatic rings. The molecule has 1 aromatic carbocycles. The number of benzene rings is 1. The van der Waals surface area contributed by atoms with Crippen molar-refractivity contribution in [2.24, 2.45) is 5.92 Å². The number of pyridine rings is 1. The molecular weight excluding hydrogens is 418 g/mol. The Balaban J connectivity index is 1.46. The van der Waals surface area contributed by atoms with Crippen LogP contribution in [0.15, 0.2) is 42.7 Å². The summed E-state index contributed by atoms with van der Waals surface area (Å²) in [6.07, 6.45) is 5.19. The molecule has 166 valence electrons. The number of nitrogens with zero attached hydrogens (tertiary/aromatic N) is 4. The molecular formula is C23H22F2N4O3. The van der Waals surface area contributed by atoms with Crippen LogP contribution in [0.5, 0.6) is 0 Å². The zero-order valence-corrected chi connectivity index (χ0v) is 17.2. The topological polar surface area (TPSA) is 78.1 Å². The number of hydrogen-bond acceptors (Lipinski definition) is 4. The van der Waals surface area contributed by atoms with Crippen LogP contribution in [0, 0.1) is 17.6 Å². The minimum absolute atomic E-state index is 0.179. The average molecular weight is 440 g/mol. The second kappa shape index (κ2) is 7.89. The SMILES string of the molecule is O=C(O)C1CCN(C(=O)c2cnn3ccc(N4CCC[C@@H]4c4cc(F)ccc4F)cc23)C1. The van der Waals surface area contributed by atoms with Crippen LogP contribution in [0.1, 0.15) is 41.2 Å². The van der Waals surface area contributed by atoms with E-state index in [4.69, 9.17) is 0 Å². The van der Waals surface area contributed by atoms with Gasteiger partial charge in [-0.15, -0.1) is 0 Å². The quantitative estimate of drug-likeness (QED) is 0.672. The van der Waals surface area contributed by atoms with Gasteiger partial charge in [0, 0.05) is 37.1 Å². The van der Waals surface area contributed by atoms with Crippen molar-refractivity contribution in [3.63, 3.8) is 0 Å². The van der Waals surface area contributed by atoms with E-state index in [-0.39, 0.29) is 18.5 Å². The van der Waals surface area contributed by atoms with E-state index in [1.807, 2.05) is 17.0 Å². The fourth-order valence-corrected chi connectivity index (χ4v) is 4.80. The first kappa shape index (κ1) is 20.4. The molecule has 1 amide bonds. The second-order valence-electron chi connectivity index (χ2n) is 8.37. The molecule has 1 N–H and O–H groups in total. The van der Waals surface area contributed by atoms with Gasteiger partial charge in [0.15, 0.2) is 0 Å². The number of halogens is 2. The first-order valence-electron chi connectivity index (χ1n) is 10.6. The average Bonchev–Trinajstić information content (AvgIpc) is 3.53. The highest BCUT2D eigenvalue weighted by Gasteiger charge is 2.33. The summed E-state index contributed by atoms with van der Waals surface area (Å²) in [5, 5.41) is 13.5. The zero-order chi connectivity index (χ0) is 22.4. The van der Waals surface area contributed by atoms with Crippen molar-refractivity contribution in [3.8, 4) is 0 Å². The maximum absolute atomic E-state index is 14.4. The first-order chi connectivity index (χ1) is 15.4. The minimum Gasteiger partial charge on any atom is -0.481 e. The number of carboxylic acid groups (broad SMARTS) is 1. The van der Waals surface area contributed by atoms with Gasteiger partial charge in [-0.1, -0.05) is 0 Å². The van der Waals surface area contributed by atoms with Gasteiger partial charge in [-0.3, -0.25) is 9.59 Å². The Hall–Kier alpha value is -3.49. The molecule has 7 nitrogen and oxygen atoms in total. The molecule has 2 fully saturated rings. The molecule has 2 aromatic heterocycles. The minimum atomic E-state index is -0.896. The van der Waals surface area contributed by atoms with Crippen LogP contribution in [0.4, 0.5) is 14.5 Å². The standard InChI is InChI=1S/C23H22F2N4O3/c24-15-3-4-19(25)17(10-15)20-2-1-7-28(20)16-6-9-29-21(11-16)18(12-26-29)22(30)27-8-5-14(13-27)23(31)32/h3-4,6,9-12,14,20H,1-2,5,7-8,13H2,(H,31,32)/t14?,20-/m1/s1. The maximum Gasteiger partial charge on any atom is 0.308 e. The Morgan fingerprint density at radius 1 is 1.09 bits per heavy atom. The summed E-state index contributed by atoms with van der Waals surface area (Å²) in [5.74, 6) is -2.62. The summed E-state index contributed by atoms with van der Waals surface area (Å²) in [7, 11) is 0. The normalized spacial score (nSPS) is 20.9. The summed E-state index contributed by atoms with van der Waals surface area (Å²) < 4.78 is 29.8. The second-order valence-corrected chi connectivity index (χ2v) is 8.37. The number of carboxylic acids is 1. The van der Waals surface area contributed by atoms with E-state index in [9.17, 15) is 23.5 Å². The molecule has 0 aliphatic carbocycles. The molecule has 9 heteroatoms. The summed E-state index contributed by atoms with van der Waals surface area (Å²) >= 11 is 0. The number of carbonyl (C=O) groups excluding carboxylic acids is 1. The van der Waals surface area contributed by atoms with Crippen molar-refractivity contribution < 1.29 is 23.5 Å². The van der Waals surface area contributed by atoms with Crippen LogP contribution in [0.2, 0.25) is 0 Å². The highest BCUT2D eigenvalue weighted by molar-refractivity contribution is 6.01. The molecule has 0 radical (unpaired) electrons. The Morgan fingerprint density at radius 3 is 2.72 bits per heavy atom. The van der Waals surface area contributed by atoms with E-state index in [1.54, 1.807) is 15.6 Å². The lowest BCUT2D eigenvalue weighted by atomic mass is 10.0. The van der Waals surface area contributed by atoms with Gasteiger partial charge >= 0.3 is 5.97 Å². The van der Waals surface area contributed by atoms with Crippen LogP contribution in [-0.4, -0.2) is 51.1 Å². The van der Waals surface area contributed by atoms with Crippen molar-refractivity contribution in [2.45, 2.75) is 25.3 Å². The number of hydrogen-bond donors (Lipinski definition) is 1. The van der Waals surface area contributed by atoms with E-state index in [2.05, 4.69) is 5.10 Å². The molecule has 1 unspecified atom stereocenters. The number of rotatable bonds is 4. The zero-order valence-electron chi connectivity index (χ0n) is 17.2. The molecule has 0 saturated carbocycles. The van der Waals surface area contributed by atoms with Crippen LogP contribution in [0.25, 0.3) is 5.52 Å². The van der Waals surface area contributed by atoms with E-state index in [0.29, 0.717) is 42.6 Å². The van der Waals surface area contributed by atoms with Gasteiger partial charge in [-0.05, 0) is 49.6 Å². The molecule has 5 rings (SSSR count). The Labute approximate surface area is 182 Å².